The predicted molar refractivity (Wildman–Crippen MR) is 68.7 cm³/mol. The molecule has 1 saturated carbocycles. The molecule has 96 valence electrons. The van der Waals surface area contributed by atoms with Crippen LogP contribution in [-0.2, 0) is 6.54 Å². The molecule has 1 unspecified atom stereocenters. The molecule has 1 atom stereocenters. The Morgan fingerprint density at radius 1 is 1.29 bits per heavy atom. The molecule has 0 saturated heterocycles. The van der Waals surface area contributed by atoms with Crippen molar-refractivity contribution in [3.8, 4) is 0 Å². The van der Waals surface area contributed by atoms with Crippen LogP contribution in [0.2, 0.25) is 0 Å². The summed E-state index contributed by atoms with van der Waals surface area (Å²) in [5.74, 6) is 0.934. The maximum Gasteiger partial charge on any atom is 0.0946 e. The van der Waals surface area contributed by atoms with Gasteiger partial charge in [-0.05, 0) is 12.3 Å². The van der Waals surface area contributed by atoms with Gasteiger partial charge >= 0.3 is 0 Å². The van der Waals surface area contributed by atoms with Crippen LogP contribution in [0.25, 0.3) is 0 Å². The van der Waals surface area contributed by atoms with Gasteiger partial charge < -0.3 is 9.67 Å². The second-order valence-electron chi connectivity index (χ2n) is 5.35. The summed E-state index contributed by atoms with van der Waals surface area (Å²) >= 11 is 0. The van der Waals surface area contributed by atoms with Gasteiger partial charge in [0, 0.05) is 18.9 Å². The first-order chi connectivity index (χ1) is 8.34. The Labute approximate surface area is 104 Å². The minimum Gasteiger partial charge on any atom is -0.391 e. The Hall–Kier alpha value is -0.830. The van der Waals surface area contributed by atoms with Crippen molar-refractivity contribution in [2.75, 3.05) is 0 Å². The van der Waals surface area contributed by atoms with Crippen molar-refractivity contribution >= 4 is 0 Å². The SMILES string of the molecule is OC(CCCC1CCCCC1)Cn1ccnc1. The van der Waals surface area contributed by atoms with Gasteiger partial charge in [-0.1, -0.05) is 44.9 Å². The van der Waals surface area contributed by atoms with Gasteiger partial charge in [0.2, 0.25) is 0 Å². The molecule has 0 aromatic carbocycles. The Morgan fingerprint density at radius 2 is 2.12 bits per heavy atom. The summed E-state index contributed by atoms with van der Waals surface area (Å²) in [5, 5.41) is 9.90. The minimum atomic E-state index is -0.215. The molecule has 1 aromatic rings. The van der Waals surface area contributed by atoms with Gasteiger partial charge in [-0.25, -0.2) is 4.98 Å². The van der Waals surface area contributed by atoms with Crippen LogP contribution < -0.4 is 0 Å². The molecule has 1 aromatic heterocycles. The van der Waals surface area contributed by atoms with Crippen LogP contribution in [0.15, 0.2) is 18.7 Å². The van der Waals surface area contributed by atoms with Gasteiger partial charge in [0.05, 0.1) is 12.4 Å². The maximum absolute atomic E-state index is 9.90. The fourth-order valence-corrected chi connectivity index (χ4v) is 2.85. The summed E-state index contributed by atoms with van der Waals surface area (Å²) in [4.78, 5) is 3.98. The average Bonchev–Trinajstić information content (AvgIpc) is 2.83. The van der Waals surface area contributed by atoms with E-state index in [1.165, 1.54) is 44.9 Å². The van der Waals surface area contributed by atoms with E-state index >= 15 is 0 Å². The van der Waals surface area contributed by atoms with Gasteiger partial charge in [0.15, 0.2) is 0 Å². The van der Waals surface area contributed by atoms with Crippen molar-refractivity contribution in [3.63, 3.8) is 0 Å². The minimum absolute atomic E-state index is 0.215. The third-order valence-electron chi connectivity index (χ3n) is 3.86. The quantitative estimate of drug-likeness (QED) is 0.824. The van der Waals surface area contributed by atoms with E-state index in [-0.39, 0.29) is 6.10 Å². The lowest BCUT2D eigenvalue weighted by Gasteiger charge is -2.21. The molecule has 0 aliphatic heterocycles. The second kappa shape index (κ2) is 6.80. The smallest absolute Gasteiger partial charge is 0.0946 e. The normalized spacial score (nSPS) is 19.4. The van der Waals surface area contributed by atoms with Crippen molar-refractivity contribution in [1.29, 1.82) is 0 Å². The van der Waals surface area contributed by atoms with Crippen molar-refractivity contribution in [2.45, 2.75) is 64.0 Å². The first-order valence-electron chi connectivity index (χ1n) is 6.98. The highest BCUT2D eigenvalue weighted by Gasteiger charge is 2.13. The van der Waals surface area contributed by atoms with E-state index in [4.69, 9.17) is 0 Å². The third kappa shape index (κ3) is 4.50. The number of aliphatic hydroxyl groups is 1. The van der Waals surface area contributed by atoms with Gasteiger partial charge in [0.25, 0.3) is 0 Å². The number of aliphatic hydroxyl groups excluding tert-OH is 1. The molecule has 0 amide bonds. The Balaban J connectivity index is 1.58. The molecule has 0 radical (unpaired) electrons. The largest absolute Gasteiger partial charge is 0.391 e. The van der Waals surface area contributed by atoms with Crippen molar-refractivity contribution < 1.29 is 5.11 Å². The zero-order valence-corrected chi connectivity index (χ0v) is 10.6. The van der Waals surface area contributed by atoms with Crippen LogP contribution in [0.4, 0.5) is 0 Å². The first-order valence-corrected chi connectivity index (χ1v) is 6.98. The monoisotopic (exact) mass is 236 g/mol. The van der Waals surface area contributed by atoms with Crippen LogP contribution in [0.5, 0.6) is 0 Å². The lowest BCUT2D eigenvalue weighted by atomic mass is 9.85. The molecule has 1 fully saturated rings. The maximum atomic E-state index is 9.90. The van der Waals surface area contributed by atoms with Gasteiger partial charge in [-0.15, -0.1) is 0 Å². The van der Waals surface area contributed by atoms with E-state index in [2.05, 4.69) is 4.98 Å². The molecule has 1 heterocycles. The summed E-state index contributed by atoms with van der Waals surface area (Å²) in [6.07, 6.45) is 15.7. The highest BCUT2D eigenvalue weighted by Crippen LogP contribution is 2.27. The molecule has 17 heavy (non-hydrogen) atoms. The summed E-state index contributed by atoms with van der Waals surface area (Å²) in [6, 6.07) is 0. The van der Waals surface area contributed by atoms with Gasteiger partial charge in [0.1, 0.15) is 0 Å². The standard InChI is InChI=1S/C14H24N2O/c17-14(11-16-10-9-15-12-16)8-4-7-13-5-2-1-3-6-13/h9-10,12-14,17H,1-8,11H2. The third-order valence-corrected chi connectivity index (χ3v) is 3.86. The van der Waals surface area contributed by atoms with E-state index in [0.717, 1.165) is 12.3 Å². The zero-order valence-electron chi connectivity index (χ0n) is 10.6. The molecule has 1 aliphatic rings. The number of rotatable bonds is 6. The number of aromatic nitrogens is 2. The fraction of sp³-hybridized carbons (Fsp3) is 0.786. The van der Waals surface area contributed by atoms with Gasteiger partial charge in [-0.3, -0.25) is 0 Å². The second-order valence-corrected chi connectivity index (χ2v) is 5.35. The topological polar surface area (TPSA) is 38.0 Å². The van der Waals surface area contributed by atoms with E-state index in [0.29, 0.717) is 6.54 Å². The molecular formula is C14H24N2O. The number of hydrogen-bond acceptors (Lipinski definition) is 2. The molecular weight excluding hydrogens is 212 g/mol. The molecule has 0 bridgehead atoms. The molecule has 3 nitrogen and oxygen atoms in total. The molecule has 3 heteroatoms. The highest BCUT2D eigenvalue weighted by molar-refractivity contribution is 4.75. The summed E-state index contributed by atoms with van der Waals surface area (Å²) in [6.45, 7) is 0.685. The van der Waals surface area contributed by atoms with Crippen molar-refractivity contribution in [3.05, 3.63) is 18.7 Å². The Kier molecular flexibility index (Phi) is 5.05. The van der Waals surface area contributed by atoms with E-state index in [1.54, 1.807) is 12.5 Å². The molecule has 0 spiro atoms. The number of nitrogens with zero attached hydrogens (tertiary/aromatic N) is 2. The van der Waals surface area contributed by atoms with Crippen molar-refractivity contribution in [1.82, 2.24) is 9.55 Å². The van der Waals surface area contributed by atoms with Gasteiger partial charge in [-0.2, -0.15) is 0 Å². The van der Waals surface area contributed by atoms with E-state index in [1.807, 2.05) is 10.8 Å². The summed E-state index contributed by atoms with van der Waals surface area (Å²) in [7, 11) is 0. The van der Waals surface area contributed by atoms with E-state index < -0.39 is 0 Å². The fourth-order valence-electron chi connectivity index (χ4n) is 2.85. The number of hydrogen-bond donors (Lipinski definition) is 1. The van der Waals surface area contributed by atoms with Crippen LogP contribution in [0.3, 0.4) is 0 Å². The zero-order chi connectivity index (χ0) is 11.9. The van der Waals surface area contributed by atoms with Crippen LogP contribution in [0.1, 0.15) is 51.4 Å². The van der Waals surface area contributed by atoms with Crippen LogP contribution in [0, 0.1) is 5.92 Å². The molecule has 1 aliphatic carbocycles. The lowest BCUT2D eigenvalue weighted by Crippen LogP contribution is -2.15. The number of imidazole rings is 1. The van der Waals surface area contributed by atoms with Crippen molar-refractivity contribution in [2.24, 2.45) is 5.92 Å². The van der Waals surface area contributed by atoms with Crippen LogP contribution >= 0.6 is 0 Å². The average molecular weight is 236 g/mol. The predicted octanol–water partition coefficient (Wildman–Crippen LogP) is 2.99. The van der Waals surface area contributed by atoms with Crippen LogP contribution in [-0.4, -0.2) is 20.8 Å². The van der Waals surface area contributed by atoms with E-state index in [9.17, 15) is 5.11 Å². The summed E-state index contributed by atoms with van der Waals surface area (Å²) in [5.41, 5.74) is 0. The first kappa shape index (κ1) is 12.6. The lowest BCUT2D eigenvalue weighted by molar-refractivity contribution is 0.137. The Morgan fingerprint density at radius 3 is 2.82 bits per heavy atom. The molecule has 1 N–H and O–H groups in total. The Bertz CT molecular complexity index is 291. The highest BCUT2D eigenvalue weighted by atomic mass is 16.3. The summed E-state index contributed by atoms with van der Waals surface area (Å²) < 4.78 is 1.95. The molecule has 2 rings (SSSR count).